The second-order valence-electron chi connectivity index (χ2n) is 5.09. The minimum absolute atomic E-state index is 0.131. The van der Waals surface area contributed by atoms with Crippen molar-refractivity contribution in [3.63, 3.8) is 0 Å². The van der Waals surface area contributed by atoms with Crippen molar-refractivity contribution in [2.45, 2.75) is 39.3 Å². The molecule has 0 aromatic heterocycles. The van der Waals surface area contributed by atoms with Gasteiger partial charge in [0.2, 0.25) is 0 Å². The standard InChI is InChI=1S/C16H27NO3/c1-6-12(2)17(9-10-19-4)13(3)15-8-7-14(20-5)11-16(15)18/h7-8,11-13,18H,6,9-10H2,1-5H3. The van der Waals surface area contributed by atoms with Gasteiger partial charge in [0, 0.05) is 37.4 Å². The Morgan fingerprint density at radius 1 is 1.25 bits per heavy atom. The number of hydrogen-bond donors (Lipinski definition) is 1. The molecular weight excluding hydrogens is 254 g/mol. The van der Waals surface area contributed by atoms with Crippen LogP contribution < -0.4 is 4.74 Å². The van der Waals surface area contributed by atoms with Crippen LogP contribution in [0.4, 0.5) is 0 Å². The number of phenols is 1. The van der Waals surface area contributed by atoms with E-state index in [1.807, 2.05) is 12.1 Å². The van der Waals surface area contributed by atoms with Crippen molar-refractivity contribution in [3.05, 3.63) is 23.8 Å². The normalized spacial score (nSPS) is 14.3. The van der Waals surface area contributed by atoms with E-state index >= 15 is 0 Å². The summed E-state index contributed by atoms with van der Waals surface area (Å²) in [5.41, 5.74) is 0.919. The molecule has 0 amide bonds. The van der Waals surface area contributed by atoms with Crippen LogP contribution in [0.2, 0.25) is 0 Å². The molecule has 20 heavy (non-hydrogen) atoms. The first kappa shape index (κ1) is 16.8. The van der Waals surface area contributed by atoms with Crippen LogP contribution in [0, 0.1) is 0 Å². The first-order valence-corrected chi connectivity index (χ1v) is 7.16. The highest BCUT2D eigenvalue weighted by molar-refractivity contribution is 5.41. The molecule has 114 valence electrons. The van der Waals surface area contributed by atoms with Crippen molar-refractivity contribution in [3.8, 4) is 11.5 Å². The van der Waals surface area contributed by atoms with Crippen LogP contribution in [0.5, 0.6) is 11.5 Å². The van der Waals surface area contributed by atoms with Crippen LogP contribution in [-0.2, 0) is 4.74 Å². The van der Waals surface area contributed by atoms with Crippen molar-refractivity contribution < 1.29 is 14.6 Å². The lowest BCUT2D eigenvalue weighted by Crippen LogP contribution is -2.37. The van der Waals surface area contributed by atoms with Crippen molar-refractivity contribution in [1.29, 1.82) is 0 Å². The summed E-state index contributed by atoms with van der Waals surface area (Å²) in [7, 11) is 3.31. The Balaban J connectivity index is 2.95. The van der Waals surface area contributed by atoms with Gasteiger partial charge in [0.15, 0.2) is 0 Å². The third-order valence-corrected chi connectivity index (χ3v) is 3.90. The van der Waals surface area contributed by atoms with Gasteiger partial charge in [-0.2, -0.15) is 0 Å². The molecule has 1 aromatic rings. The lowest BCUT2D eigenvalue weighted by atomic mass is 10.0. The first-order valence-electron chi connectivity index (χ1n) is 7.16. The van der Waals surface area contributed by atoms with E-state index in [0.717, 1.165) is 18.5 Å². The number of ether oxygens (including phenoxy) is 2. The maximum atomic E-state index is 10.2. The fourth-order valence-electron chi connectivity index (χ4n) is 2.41. The molecule has 2 atom stereocenters. The third kappa shape index (κ3) is 4.12. The summed E-state index contributed by atoms with van der Waals surface area (Å²) < 4.78 is 10.3. The Labute approximate surface area is 122 Å². The molecule has 4 heteroatoms. The number of aromatic hydroxyl groups is 1. The van der Waals surface area contributed by atoms with Gasteiger partial charge in [-0.15, -0.1) is 0 Å². The van der Waals surface area contributed by atoms with Crippen molar-refractivity contribution in [2.75, 3.05) is 27.4 Å². The van der Waals surface area contributed by atoms with Gasteiger partial charge in [-0.05, 0) is 26.3 Å². The highest BCUT2D eigenvalue weighted by Crippen LogP contribution is 2.32. The molecule has 0 aliphatic carbocycles. The fraction of sp³-hybridized carbons (Fsp3) is 0.625. The van der Waals surface area contributed by atoms with E-state index in [1.165, 1.54) is 0 Å². The summed E-state index contributed by atoms with van der Waals surface area (Å²) in [4.78, 5) is 2.35. The lowest BCUT2D eigenvalue weighted by Gasteiger charge is -2.34. The van der Waals surface area contributed by atoms with Crippen LogP contribution in [0.15, 0.2) is 18.2 Å². The van der Waals surface area contributed by atoms with Crippen LogP contribution in [0.1, 0.15) is 38.8 Å². The van der Waals surface area contributed by atoms with Crippen LogP contribution in [0.25, 0.3) is 0 Å². The Morgan fingerprint density at radius 2 is 1.95 bits per heavy atom. The summed E-state index contributed by atoms with van der Waals surface area (Å²) >= 11 is 0. The molecule has 2 unspecified atom stereocenters. The number of rotatable bonds is 8. The zero-order valence-electron chi connectivity index (χ0n) is 13.2. The van der Waals surface area contributed by atoms with E-state index in [9.17, 15) is 5.11 Å². The predicted octanol–water partition coefficient (Wildman–Crippen LogP) is 3.21. The van der Waals surface area contributed by atoms with Gasteiger partial charge in [-0.3, -0.25) is 4.90 Å². The van der Waals surface area contributed by atoms with Crippen molar-refractivity contribution >= 4 is 0 Å². The molecule has 1 aromatic carbocycles. The first-order chi connectivity index (χ1) is 9.54. The van der Waals surface area contributed by atoms with E-state index in [4.69, 9.17) is 9.47 Å². The number of phenolic OH excluding ortho intramolecular Hbond substituents is 1. The van der Waals surface area contributed by atoms with Gasteiger partial charge in [0.05, 0.1) is 13.7 Å². The molecule has 1 rings (SSSR count). The van der Waals surface area contributed by atoms with E-state index in [1.54, 1.807) is 20.3 Å². The molecule has 0 saturated heterocycles. The molecule has 0 fully saturated rings. The van der Waals surface area contributed by atoms with Crippen LogP contribution in [0.3, 0.4) is 0 Å². The summed E-state index contributed by atoms with van der Waals surface area (Å²) in [6.07, 6.45) is 1.06. The van der Waals surface area contributed by atoms with E-state index in [-0.39, 0.29) is 11.8 Å². The molecule has 0 radical (unpaired) electrons. The SMILES string of the molecule is CCC(C)N(CCOC)C(C)c1ccc(OC)cc1O. The van der Waals surface area contributed by atoms with Gasteiger partial charge < -0.3 is 14.6 Å². The maximum absolute atomic E-state index is 10.2. The second-order valence-corrected chi connectivity index (χ2v) is 5.09. The molecule has 0 spiro atoms. The summed E-state index contributed by atoms with van der Waals surface area (Å²) in [6.45, 7) is 8.02. The Bertz CT molecular complexity index is 409. The molecule has 1 N–H and O–H groups in total. The molecule has 0 aliphatic rings. The summed E-state index contributed by atoms with van der Waals surface area (Å²) in [6, 6.07) is 6.04. The Morgan fingerprint density at radius 3 is 2.45 bits per heavy atom. The summed E-state index contributed by atoms with van der Waals surface area (Å²) in [5.74, 6) is 0.952. The predicted molar refractivity (Wildman–Crippen MR) is 81.4 cm³/mol. The van der Waals surface area contributed by atoms with Gasteiger partial charge in [-0.25, -0.2) is 0 Å². The second kappa shape index (κ2) is 8.12. The van der Waals surface area contributed by atoms with Crippen LogP contribution in [-0.4, -0.2) is 43.4 Å². The average Bonchev–Trinajstić information content (AvgIpc) is 2.46. The number of nitrogens with zero attached hydrogens (tertiary/aromatic N) is 1. The average molecular weight is 281 g/mol. The molecule has 0 saturated carbocycles. The topological polar surface area (TPSA) is 41.9 Å². The molecule has 4 nitrogen and oxygen atoms in total. The zero-order chi connectivity index (χ0) is 15.1. The van der Waals surface area contributed by atoms with Gasteiger partial charge >= 0.3 is 0 Å². The van der Waals surface area contributed by atoms with Crippen molar-refractivity contribution in [2.24, 2.45) is 0 Å². The molecule has 0 heterocycles. The van der Waals surface area contributed by atoms with E-state index in [2.05, 4.69) is 25.7 Å². The summed E-state index contributed by atoms with van der Waals surface area (Å²) in [5, 5.41) is 10.2. The third-order valence-electron chi connectivity index (χ3n) is 3.90. The van der Waals surface area contributed by atoms with E-state index in [0.29, 0.717) is 18.4 Å². The van der Waals surface area contributed by atoms with Crippen LogP contribution >= 0.6 is 0 Å². The van der Waals surface area contributed by atoms with Gasteiger partial charge in [0.1, 0.15) is 11.5 Å². The lowest BCUT2D eigenvalue weighted by molar-refractivity contribution is 0.0930. The maximum Gasteiger partial charge on any atom is 0.124 e. The minimum Gasteiger partial charge on any atom is -0.507 e. The minimum atomic E-state index is 0.131. The fourth-order valence-corrected chi connectivity index (χ4v) is 2.41. The largest absolute Gasteiger partial charge is 0.507 e. The van der Waals surface area contributed by atoms with Gasteiger partial charge in [0.25, 0.3) is 0 Å². The smallest absolute Gasteiger partial charge is 0.124 e. The van der Waals surface area contributed by atoms with Gasteiger partial charge in [-0.1, -0.05) is 13.0 Å². The van der Waals surface area contributed by atoms with E-state index < -0.39 is 0 Å². The molecule has 0 aliphatic heterocycles. The number of methoxy groups -OCH3 is 2. The highest BCUT2D eigenvalue weighted by atomic mass is 16.5. The highest BCUT2D eigenvalue weighted by Gasteiger charge is 2.22. The number of hydrogen-bond acceptors (Lipinski definition) is 4. The monoisotopic (exact) mass is 281 g/mol. The molecule has 0 bridgehead atoms. The quantitative estimate of drug-likeness (QED) is 0.794. The Hall–Kier alpha value is -1.26. The zero-order valence-corrected chi connectivity index (χ0v) is 13.2. The van der Waals surface area contributed by atoms with Crippen molar-refractivity contribution in [1.82, 2.24) is 4.90 Å². The molecular formula is C16H27NO3. The number of benzene rings is 1. The Kier molecular flexibility index (Phi) is 6.82.